The molecule has 1 aliphatic rings. The van der Waals surface area contributed by atoms with E-state index in [1.165, 1.54) is 35.9 Å². The topological polar surface area (TPSA) is 58.6 Å². The number of amides is 2. The summed E-state index contributed by atoms with van der Waals surface area (Å²) in [5.41, 5.74) is 0.642. The average molecular weight is 312 g/mol. The number of hydrogen-bond donors (Lipinski definition) is 1. The van der Waals surface area contributed by atoms with Crippen molar-refractivity contribution in [3.8, 4) is 5.75 Å². The minimum atomic E-state index is -0.470. The molecule has 5 nitrogen and oxygen atoms in total. The fraction of sp³-hybridized carbons (Fsp3) is 0.429. The van der Waals surface area contributed by atoms with Crippen LogP contribution in [0.3, 0.4) is 0 Å². The second-order valence-electron chi connectivity index (χ2n) is 4.72. The molecule has 1 heterocycles. The number of ether oxygens (including phenoxy) is 1. The molecule has 0 spiro atoms. The number of rotatable bonds is 5. The molecule has 1 unspecified atom stereocenters. The van der Waals surface area contributed by atoms with Gasteiger partial charge in [0.2, 0.25) is 5.91 Å². The largest absolute Gasteiger partial charge is 0.494 e. The summed E-state index contributed by atoms with van der Waals surface area (Å²) in [6.07, 6.45) is 0. The van der Waals surface area contributed by atoms with E-state index in [-0.39, 0.29) is 29.5 Å². The predicted molar refractivity (Wildman–Crippen MR) is 78.9 cm³/mol. The van der Waals surface area contributed by atoms with Crippen LogP contribution in [0, 0.1) is 5.82 Å². The van der Waals surface area contributed by atoms with Crippen LogP contribution in [0.15, 0.2) is 18.2 Å². The number of benzene rings is 1. The SMILES string of the molecule is COc1ccc(C(C)NC(=O)CN2CCSC2=O)cc1F. The third kappa shape index (κ3) is 3.87. The Morgan fingerprint density at radius 3 is 2.90 bits per heavy atom. The van der Waals surface area contributed by atoms with Gasteiger partial charge in [0.05, 0.1) is 13.2 Å². The first-order valence-corrected chi connectivity index (χ1v) is 7.54. The van der Waals surface area contributed by atoms with Gasteiger partial charge in [-0.15, -0.1) is 0 Å². The Balaban J connectivity index is 1.94. The number of nitrogens with zero attached hydrogens (tertiary/aromatic N) is 1. The van der Waals surface area contributed by atoms with Crippen molar-refractivity contribution in [1.82, 2.24) is 10.2 Å². The second-order valence-corrected chi connectivity index (χ2v) is 5.77. The summed E-state index contributed by atoms with van der Waals surface area (Å²) < 4.78 is 18.5. The Kier molecular flexibility index (Phi) is 5.06. The van der Waals surface area contributed by atoms with E-state index in [2.05, 4.69) is 5.32 Å². The maximum atomic E-state index is 13.6. The molecule has 1 N–H and O–H groups in total. The van der Waals surface area contributed by atoms with Crippen LogP contribution < -0.4 is 10.1 Å². The van der Waals surface area contributed by atoms with Crippen LogP contribution in [-0.2, 0) is 4.79 Å². The smallest absolute Gasteiger partial charge is 0.282 e. The van der Waals surface area contributed by atoms with E-state index < -0.39 is 5.82 Å². The van der Waals surface area contributed by atoms with E-state index in [1.807, 2.05) is 0 Å². The molecule has 114 valence electrons. The van der Waals surface area contributed by atoms with E-state index in [9.17, 15) is 14.0 Å². The fourth-order valence-corrected chi connectivity index (χ4v) is 2.89. The van der Waals surface area contributed by atoms with Crippen LogP contribution in [-0.4, -0.2) is 42.0 Å². The van der Waals surface area contributed by atoms with Crippen molar-refractivity contribution in [3.05, 3.63) is 29.6 Å². The number of methoxy groups -OCH3 is 1. The van der Waals surface area contributed by atoms with Crippen LogP contribution in [0.5, 0.6) is 5.75 Å². The predicted octanol–water partition coefficient (Wildman–Crippen LogP) is 2.18. The van der Waals surface area contributed by atoms with Gasteiger partial charge in [-0.3, -0.25) is 9.59 Å². The minimum Gasteiger partial charge on any atom is -0.494 e. The zero-order valence-corrected chi connectivity index (χ0v) is 12.7. The van der Waals surface area contributed by atoms with Gasteiger partial charge < -0.3 is 15.0 Å². The molecule has 2 amide bonds. The molecule has 1 aliphatic heterocycles. The molecular formula is C14H17FN2O3S. The molecule has 0 bridgehead atoms. The van der Waals surface area contributed by atoms with Gasteiger partial charge in [-0.25, -0.2) is 4.39 Å². The van der Waals surface area contributed by atoms with E-state index in [0.717, 1.165) is 0 Å². The van der Waals surface area contributed by atoms with Gasteiger partial charge in [0.15, 0.2) is 11.6 Å². The van der Waals surface area contributed by atoms with Crippen LogP contribution in [0.4, 0.5) is 9.18 Å². The van der Waals surface area contributed by atoms with Crippen LogP contribution in [0.2, 0.25) is 0 Å². The van der Waals surface area contributed by atoms with Crippen molar-refractivity contribution in [2.75, 3.05) is 26.0 Å². The molecule has 0 aromatic heterocycles. The van der Waals surface area contributed by atoms with Gasteiger partial charge >= 0.3 is 0 Å². The van der Waals surface area contributed by atoms with Crippen molar-refractivity contribution in [3.63, 3.8) is 0 Å². The summed E-state index contributed by atoms with van der Waals surface area (Å²) in [5.74, 6) is 0.152. The highest BCUT2D eigenvalue weighted by molar-refractivity contribution is 8.13. The zero-order chi connectivity index (χ0) is 15.4. The van der Waals surface area contributed by atoms with Crippen molar-refractivity contribution in [1.29, 1.82) is 0 Å². The first kappa shape index (κ1) is 15.6. The van der Waals surface area contributed by atoms with E-state index in [4.69, 9.17) is 4.74 Å². The maximum Gasteiger partial charge on any atom is 0.282 e. The average Bonchev–Trinajstić information content (AvgIpc) is 2.84. The molecule has 0 radical (unpaired) electrons. The van der Waals surface area contributed by atoms with Crippen molar-refractivity contribution < 1.29 is 18.7 Å². The number of hydrogen-bond acceptors (Lipinski definition) is 4. The van der Waals surface area contributed by atoms with Gasteiger partial charge in [-0.1, -0.05) is 17.8 Å². The Hall–Kier alpha value is -1.76. The number of carbonyl (C=O) groups excluding carboxylic acids is 2. The summed E-state index contributed by atoms with van der Waals surface area (Å²) in [6.45, 7) is 2.39. The highest BCUT2D eigenvalue weighted by atomic mass is 32.2. The normalized spacial score (nSPS) is 16.0. The Labute approximate surface area is 126 Å². The number of thioether (sulfide) groups is 1. The van der Waals surface area contributed by atoms with E-state index >= 15 is 0 Å². The first-order valence-electron chi connectivity index (χ1n) is 6.55. The highest BCUT2D eigenvalue weighted by Crippen LogP contribution is 2.22. The van der Waals surface area contributed by atoms with Crippen LogP contribution >= 0.6 is 11.8 Å². The minimum absolute atomic E-state index is 0.0365. The van der Waals surface area contributed by atoms with Crippen LogP contribution in [0.25, 0.3) is 0 Å². The molecule has 1 atom stereocenters. The summed E-state index contributed by atoms with van der Waals surface area (Å²) >= 11 is 1.21. The van der Waals surface area contributed by atoms with Crippen molar-refractivity contribution >= 4 is 22.9 Å². The Morgan fingerprint density at radius 2 is 2.33 bits per heavy atom. The molecule has 1 aromatic carbocycles. The van der Waals surface area contributed by atoms with Crippen molar-refractivity contribution in [2.45, 2.75) is 13.0 Å². The van der Waals surface area contributed by atoms with Gasteiger partial charge in [-0.2, -0.15) is 0 Å². The van der Waals surface area contributed by atoms with Gasteiger partial charge in [0, 0.05) is 12.3 Å². The van der Waals surface area contributed by atoms with Gasteiger partial charge in [0.1, 0.15) is 6.54 Å². The molecule has 0 aliphatic carbocycles. The lowest BCUT2D eigenvalue weighted by Crippen LogP contribution is -2.38. The lowest BCUT2D eigenvalue weighted by Gasteiger charge is -2.18. The third-order valence-electron chi connectivity index (χ3n) is 3.23. The maximum absolute atomic E-state index is 13.6. The zero-order valence-electron chi connectivity index (χ0n) is 11.9. The van der Waals surface area contributed by atoms with Crippen LogP contribution in [0.1, 0.15) is 18.5 Å². The van der Waals surface area contributed by atoms with Gasteiger partial charge in [0.25, 0.3) is 5.24 Å². The molecule has 7 heteroatoms. The lowest BCUT2D eigenvalue weighted by atomic mass is 10.1. The Bertz CT molecular complexity index is 553. The fourth-order valence-electron chi connectivity index (χ4n) is 2.07. The summed E-state index contributed by atoms with van der Waals surface area (Å²) in [5, 5.41) is 2.68. The highest BCUT2D eigenvalue weighted by Gasteiger charge is 2.23. The molecule has 0 saturated carbocycles. The lowest BCUT2D eigenvalue weighted by molar-refractivity contribution is -0.122. The summed E-state index contributed by atoms with van der Waals surface area (Å²) in [4.78, 5) is 24.8. The molecule has 1 fully saturated rings. The standard InChI is InChI=1S/C14H17FN2O3S/c1-9(10-3-4-12(20-2)11(15)7-10)16-13(18)8-17-5-6-21-14(17)19/h3-4,7,9H,5-6,8H2,1-2H3,(H,16,18). The molecule has 1 aromatic rings. The molecule has 1 saturated heterocycles. The van der Waals surface area contributed by atoms with E-state index in [0.29, 0.717) is 17.9 Å². The molecule has 21 heavy (non-hydrogen) atoms. The molecule has 2 rings (SSSR count). The number of carbonyl (C=O) groups is 2. The third-order valence-corrected chi connectivity index (χ3v) is 4.12. The van der Waals surface area contributed by atoms with E-state index in [1.54, 1.807) is 13.0 Å². The Morgan fingerprint density at radius 1 is 1.57 bits per heavy atom. The number of halogens is 1. The second kappa shape index (κ2) is 6.80. The summed E-state index contributed by atoms with van der Waals surface area (Å²) in [7, 11) is 1.40. The summed E-state index contributed by atoms with van der Waals surface area (Å²) in [6, 6.07) is 4.21. The quantitative estimate of drug-likeness (QED) is 0.905. The van der Waals surface area contributed by atoms with Crippen molar-refractivity contribution in [2.24, 2.45) is 0 Å². The molecular weight excluding hydrogens is 295 g/mol. The monoisotopic (exact) mass is 312 g/mol. The number of nitrogens with one attached hydrogen (secondary N) is 1. The first-order chi connectivity index (χ1) is 10.0. The van der Waals surface area contributed by atoms with Gasteiger partial charge in [-0.05, 0) is 24.6 Å².